The SMILES string of the molecule is C1C2CC3C1[C]1CC3C12. The highest BCUT2D eigenvalue weighted by molar-refractivity contribution is 5.34. The molecule has 0 aromatic carbocycles. The lowest BCUT2D eigenvalue weighted by atomic mass is 9.72. The number of hydrogen-bond donors (Lipinski definition) is 0. The van der Waals surface area contributed by atoms with E-state index in [1.165, 1.54) is 29.6 Å². The Hall–Kier alpha value is 0. The van der Waals surface area contributed by atoms with Crippen LogP contribution in [0.1, 0.15) is 19.3 Å². The zero-order valence-electron chi connectivity index (χ0n) is 5.51. The van der Waals surface area contributed by atoms with Crippen LogP contribution in [-0.4, -0.2) is 0 Å². The van der Waals surface area contributed by atoms with E-state index < -0.39 is 0 Å². The molecule has 5 atom stereocenters. The van der Waals surface area contributed by atoms with Gasteiger partial charge in [-0.2, -0.15) is 0 Å². The van der Waals surface area contributed by atoms with E-state index in [0.717, 1.165) is 0 Å². The molecule has 5 saturated carbocycles. The van der Waals surface area contributed by atoms with Crippen molar-refractivity contribution in [2.75, 3.05) is 0 Å². The first-order chi connectivity index (χ1) is 4.45. The Morgan fingerprint density at radius 2 is 2.11 bits per heavy atom. The molecule has 0 nitrogen and oxygen atoms in total. The van der Waals surface area contributed by atoms with Gasteiger partial charge in [0.1, 0.15) is 0 Å². The number of rotatable bonds is 0. The van der Waals surface area contributed by atoms with Crippen molar-refractivity contribution in [1.82, 2.24) is 0 Å². The molecule has 0 amide bonds. The molecule has 0 saturated heterocycles. The molecular weight excluding hydrogens is 108 g/mol. The fraction of sp³-hybridized carbons (Fsp3) is 0.889. The summed E-state index contributed by atoms with van der Waals surface area (Å²) in [4.78, 5) is 0. The largest absolute Gasteiger partial charge is 0.0467 e. The molecule has 5 aliphatic carbocycles. The molecule has 0 aliphatic heterocycles. The van der Waals surface area contributed by atoms with Crippen LogP contribution in [0.4, 0.5) is 0 Å². The van der Waals surface area contributed by atoms with Gasteiger partial charge in [0.2, 0.25) is 0 Å². The maximum absolute atomic E-state index is 2.02. The van der Waals surface area contributed by atoms with Crippen molar-refractivity contribution in [2.45, 2.75) is 19.3 Å². The van der Waals surface area contributed by atoms with Crippen molar-refractivity contribution in [1.29, 1.82) is 0 Å². The van der Waals surface area contributed by atoms with E-state index in [9.17, 15) is 0 Å². The van der Waals surface area contributed by atoms with E-state index in [0.29, 0.717) is 0 Å². The Balaban J connectivity index is 2.04. The van der Waals surface area contributed by atoms with Gasteiger partial charge in [0.15, 0.2) is 0 Å². The predicted molar refractivity (Wildman–Crippen MR) is 34.5 cm³/mol. The minimum absolute atomic E-state index is 1.17. The zero-order chi connectivity index (χ0) is 5.59. The van der Waals surface area contributed by atoms with Gasteiger partial charge in [-0.3, -0.25) is 0 Å². The average Bonchev–Trinajstić information content (AvgIpc) is 2.24. The Kier molecular flexibility index (Phi) is 0.395. The monoisotopic (exact) mass is 119 g/mol. The summed E-state index contributed by atoms with van der Waals surface area (Å²) >= 11 is 0. The lowest BCUT2D eigenvalue weighted by Crippen LogP contribution is -2.25. The van der Waals surface area contributed by atoms with E-state index in [-0.39, 0.29) is 0 Å². The highest BCUT2D eigenvalue weighted by Crippen LogP contribution is 2.78. The zero-order valence-corrected chi connectivity index (χ0v) is 5.51. The maximum atomic E-state index is 2.02. The van der Waals surface area contributed by atoms with Gasteiger partial charge < -0.3 is 0 Å². The van der Waals surface area contributed by atoms with Gasteiger partial charge in [-0.15, -0.1) is 0 Å². The standard InChI is InChI=1S/C9H11/c1-4-2-6-5(1)7-3-8(6)9(4)7/h4-7,9H,1-3H2. The summed E-state index contributed by atoms with van der Waals surface area (Å²) in [6.07, 6.45) is 4.81. The second-order valence-electron chi connectivity index (χ2n) is 4.47. The molecule has 9 heavy (non-hydrogen) atoms. The molecule has 0 aromatic rings. The van der Waals surface area contributed by atoms with Crippen LogP contribution < -0.4 is 0 Å². The number of hydrogen-bond acceptors (Lipinski definition) is 0. The smallest absolute Gasteiger partial charge is 0.0168 e. The van der Waals surface area contributed by atoms with Crippen LogP contribution in [0.15, 0.2) is 0 Å². The fourth-order valence-corrected chi connectivity index (χ4v) is 4.42. The minimum Gasteiger partial charge on any atom is -0.0467 e. The van der Waals surface area contributed by atoms with Gasteiger partial charge in [0.05, 0.1) is 0 Å². The Labute approximate surface area is 55.6 Å². The van der Waals surface area contributed by atoms with Crippen molar-refractivity contribution in [3.05, 3.63) is 5.92 Å². The third kappa shape index (κ3) is 0.222. The van der Waals surface area contributed by atoms with Gasteiger partial charge in [-0.05, 0) is 54.8 Å². The van der Waals surface area contributed by atoms with E-state index in [2.05, 4.69) is 0 Å². The molecule has 0 aromatic heterocycles. The van der Waals surface area contributed by atoms with Crippen molar-refractivity contribution >= 4 is 0 Å². The predicted octanol–water partition coefficient (Wildman–Crippen LogP) is 1.87. The average molecular weight is 119 g/mol. The first kappa shape index (κ1) is 4.00. The van der Waals surface area contributed by atoms with Gasteiger partial charge >= 0.3 is 0 Å². The molecule has 5 aliphatic rings. The lowest BCUT2D eigenvalue weighted by molar-refractivity contribution is 0.262. The summed E-state index contributed by atoms with van der Waals surface area (Å²) in [6, 6.07) is 0. The van der Waals surface area contributed by atoms with Crippen molar-refractivity contribution in [3.8, 4) is 0 Å². The quantitative estimate of drug-likeness (QED) is 0.456. The highest BCUT2D eigenvalue weighted by atomic mass is 14.8. The van der Waals surface area contributed by atoms with Crippen LogP contribution >= 0.6 is 0 Å². The Morgan fingerprint density at radius 1 is 1.11 bits per heavy atom. The fourth-order valence-electron chi connectivity index (χ4n) is 4.42. The molecule has 0 spiro atoms. The summed E-state index contributed by atoms with van der Waals surface area (Å²) in [5.74, 6) is 8.03. The minimum atomic E-state index is 1.17. The Bertz CT molecular complexity index is 160. The van der Waals surface area contributed by atoms with Gasteiger partial charge in [-0.25, -0.2) is 0 Å². The molecule has 5 rings (SSSR count). The van der Waals surface area contributed by atoms with Crippen molar-refractivity contribution in [3.63, 3.8) is 0 Å². The maximum Gasteiger partial charge on any atom is -0.0168 e. The van der Waals surface area contributed by atoms with Crippen LogP contribution in [0.2, 0.25) is 0 Å². The van der Waals surface area contributed by atoms with Crippen molar-refractivity contribution < 1.29 is 0 Å². The molecule has 47 valence electrons. The van der Waals surface area contributed by atoms with E-state index in [1.54, 1.807) is 19.3 Å². The summed E-state index contributed by atoms with van der Waals surface area (Å²) in [6.45, 7) is 0. The summed E-state index contributed by atoms with van der Waals surface area (Å²) in [7, 11) is 0. The van der Waals surface area contributed by atoms with Gasteiger partial charge in [0, 0.05) is 0 Å². The van der Waals surface area contributed by atoms with Crippen molar-refractivity contribution in [2.24, 2.45) is 29.6 Å². The lowest BCUT2D eigenvalue weighted by Gasteiger charge is -2.32. The first-order valence-electron chi connectivity index (χ1n) is 4.31. The molecule has 6 bridgehead atoms. The Morgan fingerprint density at radius 3 is 2.56 bits per heavy atom. The van der Waals surface area contributed by atoms with Crippen LogP contribution in [0, 0.1) is 35.5 Å². The first-order valence-corrected chi connectivity index (χ1v) is 4.31. The van der Waals surface area contributed by atoms with Gasteiger partial charge in [-0.1, -0.05) is 0 Å². The second-order valence-corrected chi connectivity index (χ2v) is 4.47. The van der Waals surface area contributed by atoms with Crippen LogP contribution in [0.3, 0.4) is 0 Å². The third-order valence-corrected chi connectivity index (χ3v) is 4.54. The van der Waals surface area contributed by atoms with Crippen LogP contribution in [0.5, 0.6) is 0 Å². The summed E-state index contributed by atoms with van der Waals surface area (Å²) in [5, 5.41) is 0. The van der Waals surface area contributed by atoms with Crippen LogP contribution in [-0.2, 0) is 0 Å². The van der Waals surface area contributed by atoms with E-state index >= 15 is 0 Å². The molecule has 0 heteroatoms. The van der Waals surface area contributed by atoms with Gasteiger partial charge in [0.25, 0.3) is 0 Å². The summed E-state index contributed by atoms with van der Waals surface area (Å²) in [5.41, 5.74) is 0. The molecular formula is C9H11. The normalized spacial score (nSPS) is 74.0. The highest BCUT2D eigenvalue weighted by Gasteiger charge is 2.71. The summed E-state index contributed by atoms with van der Waals surface area (Å²) < 4.78 is 0. The second kappa shape index (κ2) is 0.889. The third-order valence-electron chi connectivity index (χ3n) is 4.54. The molecule has 0 heterocycles. The topological polar surface area (TPSA) is 0 Å². The van der Waals surface area contributed by atoms with Crippen LogP contribution in [0.25, 0.3) is 0 Å². The van der Waals surface area contributed by atoms with E-state index in [4.69, 9.17) is 0 Å². The molecule has 0 N–H and O–H groups in total. The molecule has 5 unspecified atom stereocenters. The molecule has 1 radical (unpaired) electrons. The molecule has 5 fully saturated rings. The van der Waals surface area contributed by atoms with E-state index in [1.807, 2.05) is 5.92 Å².